The van der Waals surface area contributed by atoms with Crippen molar-refractivity contribution in [1.82, 2.24) is 14.3 Å². The zero-order valence-corrected chi connectivity index (χ0v) is 18.2. The van der Waals surface area contributed by atoms with Crippen LogP contribution < -0.4 is 5.32 Å². The number of nitrogens with one attached hydrogen (secondary N) is 2. The second-order valence-corrected chi connectivity index (χ2v) is 9.42. The van der Waals surface area contributed by atoms with Gasteiger partial charge in [-0.05, 0) is 48.9 Å². The Kier molecular flexibility index (Phi) is 6.61. The molecule has 2 N–H and O–H groups in total. The van der Waals surface area contributed by atoms with Gasteiger partial charge in [-0.25, -0.2) is 13.4 Å². The predicted molar refractivity (Wildman–Crippen MR) is 117 cm³/mol. The Labute approximate surface area is 175 Å². The number of amides is 1. The van der Waals surface area contributed by atoms with E-state index in [1.54, 1.807) is 26.0 Å². The maximum absolute atomic E-state index is 12.5. The van der Waals surface area contributed by atoms with Crippen molar-refractivity contribution in [1.29, 1.82) is 0 Å². The number of aromatic amines is 1. The van der Waals surface area contributed by atoms with Crippen LogP contribution in [0.5, 0.6) is 0 Å². The van der Waals surface area contributed by atoms with Crippen molar-refractivity contribution in [3.05, 3.63) is 48.0 Å². The molecule has 0 radical (unpaired) electrons. The summed E-state index contributed by atoms with van der Waals surface area (Å²) in [5.41, 5.74) is 3.50. The van der Waals surface area contributed by atoms with Gasteiger partial charge in [0.1, 0.15) is 0 Å². The largest absolute Gasteiger partial charge is 0.333 e. The van der Waals surface area contributed by atoms with Gasteiger partial charge in [-0.2, -0.15) is 4.31 Å². The maximum atomic E-state index is 12.5. The molecule has 0 aliphatic heterocycles. The number of aromatic nitrogens is 2. The lowest BCUT2D eigenvalue weighted by atomic mass is 10.2. The Morgan fingerprint density at radius 2 is 1.83 bits per heavy atom. The van der Waals surface area contributed by atoms with E-state index in [4.69, 9.17) is 0 Å². The third kappa shape index (κ3) is 4.98. The van der Waals surface area contributed by atoms with Gasteiger partial charge >= 0.3 is 0 Å². The number of aryl methyl sites for hydroxylation is 1. The molecule has 154 valence electrons. The number of benzene rings is 2. The van der Waals surface area contributed by atoms with E-state index in [0.29, 0.717) is 23.9 Å². The van der Waals surface area contributed by atoms with Crippen LogP contribution in [-0.2, 0) is 14.8 Å². The topological polar surface area (TPSA) is 95.2 Å². The summed E-state index contributed by atoms with van der Waals surface area (Å²) in [7, 11) is -3.50. The van der Waals surface area contributed by atoms with E-state index in [1.165, 1.54) is 28.2 Å². The Hall–Kier alpha value is -2.36. The summed E-state index contributed by atoms with van der Waals surface area (Å²) in [6, 6.07) is 12.2. The third-order valence-electron chi connectivity index (χ3n) is 4.44. The lowest BCUT2D eigenvalue weighted by Gasteiger charge is -2.18. The highest BCUT2D eigenvalue weighted by atomic mass is 32.2. The SMILES string of the molecule is CCN(CC)S(=O)(=O)c1ccc(NC(=O)CSc2nc3ccc(C)cc3[nH]2)cc1. The number of nitrogens with zero attached hydrogens (tertiary/aromatic N) is 2. The average molecular weight is 433 g/mol. The fourth-order valence-electron chi connectivity index (χ4n) is 2.92. The van der Waals surface area contributed by atoms with Crippen molar-refractivity contribution in [3.63, 3.8) is 0 Å². The quantitative estimate of drug-likeness (QED) is 0.530. The summed E-state index contributed by atoms with van der Waals surface area (Å²) < 4.78 is 26.4. The predicted octanol–water partition coefficient (Wildman–Crippen LogP) is 3.63. The number of sulfonamides is 1. The minimum atomic E-state index is -3.50. The van der Waals surface area contributed by atoms with Crippen molar-refractivity contribution in [2.24, 2.45) is 0 Å². The molecule has 0 saturated heterocycles. The van der Waals surface area contributed by atoms with E-state index >= 15 is 0 Å². The standard InChI is InChI=1S/C20H24N4O3S2/c1-4-24(5-2)29(26,27)16-9-7-15(8-10-16)21-19(25)13-28-20-22-17-11-6-14(3)12-18(17)23-20/h6-12H,4-5,13H2,1-3H3,(H,21,25)(H,22,23). The fraction of sp³-hybridized carbons (Fsp3) is 0.300. The lowest BCUT2D eigenvalue weighted by Crippen LogP contribution is -2.30. The molecule has 1 aromatic heterocycles. The normalized spacial score (nSPS) is 11.9. The molecule has 3 rings (SSSR count). The van der Waals surface area contributed by atoms with Crippen molar-refractivity contribution >= 4 is 44.4 Å². The summed E-state index contributed by atoms with van der Waals surface area (Å²) in [5, 5.41) is 3.46. The number of rotatable bonds is 8. The minimum Gasteiger partial charge on any atom is -0.333 e. The van der Waals surface area contributed by atoms with Gasteiger partial charge in [-0.15, -0.1) is 0 Å². The van der Waals surface area contributed by atoms with E-state index < -0.39 is 10.0 Å². The van der Waals surface area contributed by atoms with Crippen LogP contribution in [0.15, 0.2) is 52.5 Å². The molecular formula is C20H24N4O3S2. The summed E-state index contributed by atoms with van der Waals surface area (Å²) >= 11 is 1.32. The van der Waals surface area contributed by atoms with E-state index in [9.17, 15) is 13.2 Å². The number of fused-ring (bicyclic) bond motifs is 1. The molecule has 29 heavy (non-hydrogen) atoms. The molecule has 9 heteroatoms. The Bertz CT molecular complexity index is 1100. The Morgan fingerprint density at radius 1 is 1.14 bits per heavy atom. The number of H-pyrrole nitrogens is 1. The van der Waals surface area contributed by atoms with E-state index in [1.807, 2.05) is 25.1 Å². The smallest absolute Gasteiger partial charge is 0.243 e. The van der Waals surface area contributed by atoms with Crippen molar-refractivity contribution in [2.75, 3.05) is 24.2 Å². The van der Waals surface area contributed by atoms with Gasteiger partial charge in [-0.1, -0.05) is 31.7 Å². The lowest BCUT2D eigenvalue weighted by molar-refractivity contribution is -0.113. The highest BCUT2D eigenvalue weighted by molar-refractivity contribution is 7.99. The summed E-state index contributed by atoms with van der Waals surface area (Å²) in [5.74, 6) is 0.00386. The van der Waals surface area contributed by atoms with Crippen molar-refractivity contribution < 1.29 is 13.2 Å². The van der Waals surface area contributed by atoms with Crippen LogP contribution >= 0.6 is 11.8 Å². The summed E-state index contributed by atoms with van der Waals surface area (Å²) in [4.78, 5) is 20.1. The number of hydrogen-bond donors (Lipinski definition) is 2. The van der Waals surface area contributed by atoms with E-state index in [0.717, 1.165) is 16.6 Å². The Morgan fingerprint density at radius 3 is 2.48 bits per heavy atom. The molecule has 1 amide bonds. The van der Waals surface area contributed by atoms with Gasteiger partial charge in [0.05, 0.1) is 21.7 Å². The number of imidazole rings is 1. The molecule has 0 spiro atoms. The summed E-state index contributed by atoms with van der Waals surface area (Å²) in [6.45, 7) is 6.44. The van der Waals surface area contributed by atoms with Gasteiger partial charge in [0, 0.05) is 18.8 Å². The van der Waals surface area contributed by atoms with Crippen LogP contribution in [0, 0.1) is 6.92 Å². The highest BCUT2D eigenvalue weighted by Gasteiger charge is 2.21. The number of hydrogen-bond acceptors (Lipinski definition) is 5. The third-order valence-corrected chi connectivity index (χ3v) is 7.37. The number of thioether (sulfide) groups is 1. The molecule has 0 fully saturated rings. The van der Waals surface area contributed by atoms with Gasteiger partial charge in [0.2, 0.25) is 15.9 Å². The van der Waals surface area contributed by atoms with Crippen LogP contribution in [0.2, 0.25) is 0 Å². The molecule has 1 heterocycles. The van der Waals surface area contributed by atoms with Gasteiger partial charge in [0.25, 0.3) is 0 Å². The molecule has 0 aliphatic carbocycles. The molecule has 3 aromatic rings. The zero-order valence-electron chi connectivity index (χ0n) is 16.6. The zero-order chi connectivity index (χ0) is 21.0. The second kappa shape index (κ2) is 8.98. The monoisotopic (exact) mass is 432 g/mol. The first-order chi connectivity index (χ1) is 13.8. The number of carbonyl (C=O) groups is 1. The first kappa shape index (κ1) is 21.4. The average Bonchev–Trinajstić information content (AvgIpc) is 3.09. The van der Waals surface area contributed by atoms with Crippen molar-refractivity contribution in [2.45, 2.75) is 30.8 Å². The van der Waals surface area contributed by atoms with E-state index in [-0.39, 0.29) is 16.6 Å². The first-order valence-electron chi connectivity index (χ1n) is 9.32. The van der Waals surface area contributed by atoms with Gasteiger partial charge < -0.3 is 10.3 Å². The molecule has 0 atom stereocenters. The maximum Gasteiger partial charge on any atom is 0.243 e. The Balaban J connectivity index is 1.60. The first-order valence-corrected chi connectivity index (χ1v) is 11.7. The molecule has 0 aliphatic rings. The molecule has 0 saturated carbocycles. The van der Waals surface area contributed by atoms with Crippen molar-refractivity contribution in [3.8, 4) is 0 Å². The van der Waals surface area contributed by atoms with Crippen LogP contribution in [0.1, 0.15) is 19.4 Å². The molecular weight excluding hydrogens is 408 g/mol. The molecule has 0 bridgehead atoms. The minimum absolute atomic E-state index is 0.189. The second-order valence-electron chi connectivity index (χ2n) is 6.51. The van der Waals surface area contributed by atoms with Gasteiger partial charge in [0.15, 0.2) is 5.16 Å². The highest BCUT2D eigenvalue weighted by Crippen LogP contribution is 2.21. The number of anilines is 1. The van der Waals surface area contributed by atoms with E-state index in [2.05, 4.69) is 15.3 Å². The summed E-state index contributed by atoms with van der Waals surface area (Å²) in [6.07, 6.45) is 0. The van der Waals surface area contributed by atoms with Crippen LogP contribution in [0.3, 0.4) is 0 Å². The van der Waals surface area contributed by atoms with Gasteiger partial charge in [-0.3, -0.25) is 4.79 Å². The molecule has 7 nitrogen and oxygen atoms in total. The van der Waals surface area contributed by atoms with Crippen LogP contribution in [-0.4, -0.2) is 47.4 Å². The van der Waals surface area contributed by atoms with Crippen LogP contribution in [0.25, 0.3) is 11.0 Å². The fourth-order valence-corrected chi connectivity index (χ4v) is 5.07. The number of carbonyl (C=O) groups excluding carboxylic acids is 1. The molecule has 2 aromatic carbocycles. The van der Waals surface area contributed by atoms with Crippen LogP contribution in [0.4, 0.5) is 5.69 Å². The molecule has 0 unspecified atom stereocenters.